The molecule has 2 unspecified atom stereocenters. The number of allylic oxidation sites excluding steroid dienone is 1. The van der Waals surface area contributed by atoms with Crippen LogP contribution in [-0.4, -0.2) is 34.1 Å². The van der Waals surface area contributed by atoms with Gasteiger partial charge in [-0.1, -0.05) is 26.0 Å². The Labute approximate surface area is 171 Å². The van der Waals surface area contributed by atoms with Crippen LogP contribution in [0.15, 0.2) is 23.1 Å². The number of aliphatic hydroxyl groups excluding tert-OH is 1. The summed E-state index contributed by atoms with van der Waals surface area (Å²) >= 11 is 1.57. The standard InChI is InChI=1S/C22H31NO4S/c1-14-9-7-5-6-8-10-20(15(2)11-18-13-28-17(4)23-18)27-21(25)12-19(24)16(3)22(14)26/h6,8,11,13-14,16,19-20,24H,5,7,9-10,12H2,1-4H3/b8-6?,15-11+/t14?,16?,19-,20-/m0/s1. The fourth-order valence-corrected chi connectivity index (χ4v) is 3.88. The van der Waals surface area contributed by atoms with Crippen LogP contribution in [0.5, 0.6) is 0 Å². The molecular formula is C22H31NO4S. The highest BCUT2D eigenvalue weighted by Gasteiger charge is 2.29. The third-order valence-electron chi connectivity index (χ3n) is 5.21. The lowest BCUT2D eigenvalue weighted by molar-refractivity contribution is -0.150. The van der Waals surface area contributed by atoms with Gasteiger partial charge < -0.3 is 9.84 Å². The Balaban J connectivity index is 2.17. The summed E-state index contributed by atoms with van der Waals surface area (Å²) in [5.41, 5.74) is 1.76. The fraction of sp³-hybridized carbons (Fsp3) is 0.591. The maximum atomic E-state index is 12.5. The Hall–Kier alpha value is -1.79. The van der Waals surface area contributed by atoms with Gasteiger partial charge in [0.1, 0.15) is 11.9 Å². The van der Waals surface area contributed by atoms with Gasteiger partial charge in [0, 0.05) is 23.6 Å². The Morgan fingerprint density at radius 1 is 1.32 bits per heavy atom. The molecule has 2 rings (SSSR count). The number of esters is 1. The molecule has 1 aliphatic rings. The molecule has 0 spiro atoms. The Morgan fingerprint density at radius 3 is 2.75 bits per heavy atom. The molecular weight excluding hydrogens is 374 g/mol. The number of rotatable bonds is 2. The summed E-state index contributed by atoms with van der Waals surface area (Å²) in [5.74, 6) is -1.17. The molecule has 5 nitrogen and oxygen atoms in total. The fourth-order valence-electron chi connectivity index (χ4n) is 3.31. The highest BCUT2D eigenvalue weighted by molar-refractivity contribution is 7.09. The molecule has 6 heteroatoms. The van der Waals surface area contributed by atoms with Crippen LogP contribution in [0.25, 0.3) is 6.08 Å². The summed E-state index contributed by atoms with van der Waals surface area (Å²) in [6, 6.07) is 0. The van der Waals surface area contributed by atoms with E-state index in [9.17, 15) is 14.7 Å². The summed E-state index contributed by atoms with van der Waals surface area (Å²) in [4.78, 5) is 29.3. The molecule has 0 saturated heterocycles. The number of hydrogen-bond acceptors (Lipinski definition) is 6. The van der Waals surface area contributed by atoms with E-state index in [1.54, 1.807) is 18.3 Å². The molecule has 28 heavy (non-hydrogen) atoms. The summed E-state index contributed by atoms with van der Waals surface area (Å²) in [7, 11) is 0. The average Bonchev–Trinajstić information content (AvgIpc) is 3.05. The third-order valence-corrected chi connectivity index (χ3v) is 6.00. The maximum absolute atomic E-state index is 12.5. The first-order valence-corrected chi connectivity index (χ1v) is 10.8. The van der Waals surface area contributed by atoms with Gasteiger partial charge in [0.15, 0.2) is 0 Å². The molecule has 0 saturated carbocycles. The predicted octanol–water partition coefficient (Wildman–Crippen LogP) is 4.49. The van der Waals surface area contributed by atoms with Crippen molar-refractivity contribution >= 4 is 29.2 Å². The summed E-state index contributed by atoms with van der Waals surface area (Å²) in [6.45, 7) is 7.46. The number of nitrogens with zero attached hydrogens (tertiary/aromatic N) is 1. The van der Waals surface area contributed by atoms with Gasteiger partial charge in [-0.05, 0) is 44.8 Å². The van der Waals surface area contributed by atoms with Crippen molar-refractivity contribution in [3.8, 4) is 0 Å². The summed E-state index contributed by atoms with van der Waals surface area (Å²) < 4.78 is 5.66. The van der Waals surface area contributed by atoms with Gasteiger partial charge in [-0.3, -0.25) is 9.59 Å². The number of thiazole rings is 1. The number of ether oxygens (including phenoxy) is 1. The number of ketones is 1. The van der Waals surface area contributed by atoms with Crippen LogP contribution in [0.1, 0.15) is 63.6 Å². The van der Waals surface area contributed by atoms with E-state index in [0.29, 0.717) is 6.42 Å². The highest BCUT2D eigenvalue weighted by Crippen LogP contribution is 2.22. The average molecular weight is 406 g/mol. The van der Waals surface area contributed by atoms with Crippen molar-refractivity contribution in [1.82, 2.24) is 4.98 Å². The predicted molar refractivity (Wildman–Crippen MR) is 112 cm³/mol. The molecule has 1 aromatic heterocycles. The minimum absolute atomic E-state index is 0.00728. The quantitative estimate of drug-likeness (QED) is 0.579. The van der Waals surface area contributed by atoms with Crippen LogP contribution in [-0.2, 0) is 14.3 Å². The van der Waals surface area contributed by atoms with Crippen molar-refractivity contribution in [2.45, 2.75) is 72.0 Å². The highest BCUT2D eigenvalue weighted by atomic mass is 32.1. The van der Waals surface area contributed by atoms with Crippen LogP contribution >= 0.6 is 11.3 Å². The number of aryl methyl sites for hydroxylation is 1. The topological polar surface area (TPSA) is 76.5 Å². The Kier molecular flexibility index (Phi) is 8.58. The van der Waals surface area contributed by atoms with Gasteiger partial charge in [-0.25, -0.2) is 4.98 Å². The van der Waals surface area contributed by atoms with Crippen LogP contribution in [0.3, 0.4) is 0 Å². The van der Waals surface area contributed by atoms with E-state index < -0.39 is 24.1 Å². The second-order valence-corrected chi connectivity index (χ2v) is 8.72. The molecule has 1 N–H and O–H groups in total. The van der Waals surface area contributed by atoms with Crippen LogP contribution in [0.4, 0.5) is 0 Å². The van der Waals surface area contributed by atoms with Gasteiger partial charge in [-0.2, -0.15) is 0 Å². The smallest absolute Gasteiger partial charge is 0.309 e. The minimum Gasteiger partial charge on any atom is -0.457 e. The van der Waals surface area contributed by atoms with E-state index in [-0.39, 0.29) is 18.1 Å². The molecule has 0 radical (unpaired) electrons. The molecule has 2 heterocycles. The lowest BCUT2D eigenvalue weighted by atomic mass is 9.87. The van der Waals surface area contributed by atoms with Crippen molar-refractivity contribution in [2.75, 3.05) is 0 Å². The zero-order valence-corrected chi connectivity index (χ0v) is 18.0. The van der Waals surface area contributed by atoms with Gasteiger partial charge in [0.2, 0.25) is 0 Å². The van der Waals surface area contributed by atoms with E-state index >= 15 is 0 Å². The molecule has 0 aliphatic carbocycles. The van der Waals surface area contributed by atoms with Crippen LogP contribution < -0.4 is 0 Å². The molecule has 1 aromatic rings. The van der Waals surface area contributed by atoms with Crippen LogP contribution in [0, 0.1) is 18.8 Å². The normalized spacial score (nSPS) is 28.7. The number of carbonyl (C=O) groups excluding carboxylic acids is 2. The number of Topliss-reactive ketones (excluding diaryl/α,β-unsaturated/α-hetero) is 1. The lowest BCUT2D eigenvalue weighted by Gasteiger charge is -2.23. The molecule has 154 valence electrons. The number of carbonyl (C=O) groups is 2. The third kappa shape index (κ3) is 6.67. The monoisotopic (exact) mass is 405 g/mol. The van der Waals surface area contributed by atoms with E-state index in [4.69, 9.17) is 4.74 Å². The SMILES string of the molecule is C/C(=C\c1csc(C)n1)[C@@H]1CC=CCCCC(C)C(=O)C(C)[C@@H](O)CC(=O)O1. The zero-order chi connectivity index (χ0) is 20.7. The molecule has 0 bridgehead atoms. The van der Waals surface area contributed by atoms with E-state index in [2.05, 4.69) is 11.1 Å². The van der Waals surface area contributed by atoms with E-state index in [1.807, 2.05) is 38.3 Å². The zero-order valence-electron chi connectivity index (χ0n) is 17.2. The second kappa shape index (κ2) is 10.7. The minimum atomic E-state index is -1.02. The molecule has 0 amide bonds. The summed E-state index contributed by atoms with van der Waals surface area (Å²) in [5, 5.41) is 13.3. The van der Waals surface area contributed by atoms with Crippen molar-refractivity contribution < 1.29 is 19.4 Å². The van der Waals surface area contributed by atoms with Crippen molar-refractivity contribution in [1.29, 1.82) is 0 Å². The van der Waals surface area contributed by atoms with Crippen molar-refractivity contribution in [2.24, 2.45) is 11.8 Å². The first-order chi connectivity index (χ1) is 13.3. The lowest BCUT2D eigenvalue weighted by Crippen LogP contribution is -2.33. The summed E-state index contributed by atoms with van der Waals surface area (Å²) in [6.07, 6.45) is 7.60. The molecule has 1 aliphatic heterocycles. The first-order valence-electron chi connectivity index (χ1n) is 9.94. The van der Waals surface area contributed by atoms with Gasteiger partial charge >= 0.3 is 5.97 Å². The first kappa shape index (κ1) is 22.5. The van der Waals surface area contributed by atoms with Gasteiger partial charge in [0.25, 0.3) is 0 Å². The van der Waals surface area contributed by atoms with E-state index in [0.717, 1.165) is 35.5 Å². The maximum Gasteiger partial charge on any atom is 0.309 e. The Bertz CT molecular complexity index is 737. The Morgan fingerprint density at radius 2 is 2.07 bits per heavy atom. The number of cyclic esters (lactones) is 1. The number of aromatic nitrogens is 1. The van der Waals surface area contributed by atoms with Crippen LogP contribution in [0.2, 0.25) is 0 Å². The molecule has 4 atom stereocenters. The molecule has 0 aromatic carbocycles. The molecule has 0 fully saturated rings. The van der Waals surface area contributed by atoms with Gasteiger partial charge in [-0.15, -0.1) is 11.3 Å². The van der Waals surface area contributed by atoms with Crippen molar-refractivity contribution in [3.05, 3.63) is 33.8 Å². The number of hydrogen-bond donors (Lipinski definition) is 1. The second-order valence-electron chi connectivity index (χ2n) is 7.66. The number of aliphatic hydroxyl groups is 1. The van der Waals surface area contributed by atoms with Gasteiger partial charge in [0.05, 0.1) is 23.2 Å². The van der Waals surface area contributed by atoms with Crippen molar-refractivity contribution in [3.63, 3.8) is 0 Å². The van der Waals surface area contributed by atoms with E-state index in [1.165, 1.54) is 0 Å². The largest absolute Gasteiger partial charge is 0.457 e.